The Labute approximate surface area is 74.0 Å². The fraction of sp³-hybridized carbons (Fsp3) is 0.400. The Kier molecular flexibility index (Phi) is 5.34. The maximum Gasteiger partial charge on any atom is 0.0319 e. The molecule has 0 unspecified atom stereocenters. The summed E-state index contributed by atoms with van der Waals surface area (Å²) in [5.74, 6) is 0. The number of hydrogen-bond donors (Lipinski definition) is 2. The normalized spacial score (nSPS) is 8.75. The van der Waals surface area contributed by atoms with Gasteiger partial charge in [-0.25, -0.2) is 0 Å². The van der Waals surface area contributed by atoms with Crippen molar-refractivity contribution in [3.8, 4) is 0 Å². The van der Waals surface area contributed by atoms with Crippen LogP contribution in [0.5, 0.6) is 0 Å². The molecular weight excluding hydrogens is 150 g/mol. The molecule has 0 spiro atoms. The maximum absolute atomic E-state index is 7.00. The molecule has 0 saturated carbocycles. The second-order valence-corrected chi connectivity index (χ2v) is 2.62. The highest BCUT2D eigenvalue weighted by atomic mass is 16.2. The number of rotatable bonds is 1. The molecule has 0 radical (unpaired) electrons. The van der Waals surface area contributed by atoms with E-state index in [4.69, 9.17) is 10.8 Å². The molecule has 0 amide bonds. The van der Waals surface area contributed by atoms with E-state index in [1.54, 1.807) is 0 Å². The molecule has 0 aliphatic rings. The molecule has 3 N–H and O–H groups in total. The Hall–Kier alpha value is -0.860. The van der Waals surface area contributed by atoms with Crippen molar-refractivity contribution in [1.82, 2.24) is 0 Å². The first-order valence-electron chi connectivity index (χ1n) is 3.95. The van der Waals surface area contributed by atoms with Gasteiger partial charge in [0.05, 0.1) is 0 Å². The summed E-state index contributed by atoms with van der Waals surface area (Å²) in [5.41, 5.74) is 9.33. The van der Waals surface area contributed by atoms with Crippen LogP contribution in [-0.4, -0.2) is 12.2 Å². The predicted molar refractivity (Wildman–Crippen MR) is 52.0 cm³/mol. The van der Waals surface area contributed by atoms with E-state index in [1.165, 1.54) is 16.7 Å². The van der Waals surface area contributed by atoms with Crippen LogP contribution >= 0.6 is 0 Å². The number of aliphatic hydroxyl groups is 1. The average molecular weight is 167 g/mol. The van der Waals surface area contributed by atoms with Crippen molar-refractivity contribution in [1.29, 1.82) is 0 Å². The lowest BCUT2D eigenvalue weighted by atomic mass is 10.1. The van der Waals surface area contributed by atoms with Crippen molar-refractivity contribution < 1.29 is 5.11 Å². The number of aliphatic hydroxyl groups excluding tert-OH is 1. The predicted octanol–water partition coefficient (Wildman–Crippen LogP) is 1.37. The van der Waals surface area contributed by atoms with Crippen LogP contribution in [0.4, 0.5) is 0 Å². The van der Waals surface area contributed by atoms with Gasteiger partial charge in [-0.05, 0) is 30.5 Å². The van der Waals surface area contributed by atoms with E-state index in [9.17, 15) is 0 Å². The first-order chi connectivity index (χ1) is 5.74. The molecule has 0 heterocycles. The van der Waals surface area contributed by atoms with Gasteiger partial charge in [0.25, 0.3) is 0 Å². The first kappa shape index (κ1) is 11.1. The molecule has 0 aromatic heterocycles. The van der Waals surface area contributed by atoms with Gasteiger partial charge in [0.2, 0.25) is 0 Å². The molecule has 2 nitrogen and oxygen atoms in total. The van der Waals surface area contributed by atoms with E-state index < -0.39 is 0 Å². The number of hydrogen-bond acceptors (Lipinski definition) is 2. The largest absolute Gasteiger partial charge is 0.400 e. The smallest absolute Gasteiger partial charge is 0.0319 e. The molecule has 1 aromatic carbocycles. The van der Waals surface area contributed by atoms with Crippen molar-refractivity contribution in [2.45, 2.75) is 20.4 Å². The molecule has 1 rings (SSSR count). The van der Waals surface area contributed by atoms with Crippen molar-refractivity contribution in [2.24, 2.45) is 5.73 Å². The quantitative estimate of drug-likeness (QED) is 0.663. The summed E-state index contributed by atoms with van der Waals surface area (Å²) in [6, 6.07) is 6.31. The van der Waals surface area contributed by atoms with Gasteiger partial charge >= 0.3 is 0 Å². The summed E-state index contributed by atoms with van der Waals surface area (Å²) in [7, 11) is 1.00. The molecule has 0 saturated heterocycles. The Morgan fingerprint density at radius 2 is 1.75 bits per heavy atom. The Bertz CT molecular complexity index is 233. The van der Waals surface area contributed by atoms with Gasteiger partial charge in [0.1, 0.15) is 0 Å². The third-order valence-electron chi connectivity index (χ3n) is 1.81. The lowest BCUT2D eigenvalue weighted by Gasteiger charge is -2.01. The number of benzene rings is 1. The Morgan fingerprint density at radius 3 is 2.17 bits per heavy atom. The molecular formula is C10H17NO. The molecule has 0 fully saturated rings. The summed E-state index contributed by atoms with van der Waals surface area (Å²) < 4.78 is 0. The van der Waals surface area contributed by atoms with Crippen molar-refractivity contribution in [3.63, 3.8) is 0 Å². The van der Waals surface area contributed by atoms with Gasteiger partial charge in [-0.15, -0.1) is 0 Å². The van der Waals surface area contributed by atoms with Crippen LogP contribution in [0.3, 0.4) is 0 Å². The molecule has 12 heavy (non-hydrogen) atoms. The molecule has 1 aromatic rings. The summed E-state index contributed by atoms with van der Waals surface area (Å²) in [6.07, 6.45) is 0. The Balaban J connectivity index is 0.000000561. The highest BCUT2D eigenvalue weighted by molar-refractivity contribution is 5.29. The van der Waals surface area contributed by atoms with E-state index >= 15 is 0 Å². The van der Waals surface area contributed by atoms with Gasteiger partial charge in [0, 0.05) is 13.7 Å². The van der Waals surface area contributed by atoms with Crippen molar-refractivity contribution in [3.05, 3.63) is 34.9 Å². The fourth-order valence-corrected chi connectivity index (χ4v) is 0.930. The minimum absolute atomic E-state index is 0.640. The molecule has 0 atom stereocenters. The summed E-state index contributed by atoms with van der Waals surface area (Å²) >= 11 is 0. The SMILES string of the molecule is CO.Cc1ccc(CN)cc1C. The van der Waals surface area contributed by atoms with E-state index in [0.29, 0.717) is 6.54 Å². The Morgan fingerprint density at radius 1 is 1.17 bits per heavy atom. The zero-order valence-electron chi connectivity index (χ0n) is 7.96. The number of aryl methyl sites for hydroxylation is 2. The summed E-state index contributed by atoms with van der Waals surface area (Å²) in [6.45, 7) is 4.85. The van der Waals surface area contributed by atoms with Crippen LogP contribution in [0.25, 0.3) is 0 Å². The first-order valence-corrected chi connectivity index (χ1v) is 3.95. The monoisotopic (exact) mass is 167 g/mol. The van der Waals surface area contributed by atoms with E-state index in [-0.39, 0.29) is 0 Å². The van der Waals surface area contributed by atoms with E-state index in [2.05, 4.69) is 32.0 Å². The zero-order valence-corrected chi connectivity index (χ0v) is 7.96. The van der Waals surface area contributed by atoms with E-state index in [1.807, 2.05) is 0 Å². The molecule has 2 heteroatoms. The minimum Gasteiger partial charge on any atom is -0.400 e. The molecule has 0 bridgehead atoms. The van der Waals surface area contributed by atoms with Gasteiger partial charge < -0.3 is 10.8 Å². The van der Waals surface area contributed by atoms with Crippen LogP contribution in [-0.2, 0) is 6.54 Å². The number of nitrogens with two attached hydrogens (primary N) is 1. The van der Waals surface area contributed by atoms with Crippen molar-refractivity contribution >= 4 is 0 Å². The van der Waals surface area contributed by atoms with Crippen LogP contribution in [0.15, 0.2) is 18.2 Å². The van der Waals surface area contributed by atoms with Crippen LogP contribution < -0.4 is 5.73 Å². The van der Waals surface area contributed by atoms with Crippen LogP contribution in [0, 0.1) is 13.8 Å². The second-order valence-electron chi connectivity index (χ2n) is 2.62. The average Bonchev–Trinajstić information content (AvgIpc) is 2.13. The summed E-state index contributed by atoms with van der Waals surface area (Å²) in [5, 5.41) is 7.00. The van der Waals surface area contributed by atoms with Gasteiger partial charge in [-0.1, -0.05) is 18.2 Å². The van der Waals surface area contributed by atoms with Gasteiger partial charge in [0.15, 0.2) is 0 Å². The highest BCUT2D eigenvalue weighted by Gasteiger charge is 1.92. The van der Waals surface area contributed by atoms with Crippen LogP contribution in [0.1, 0.15) is 16.7 Å². The van der Waals surface area contributed by atoms with E-state index in [0.717, 1.165) is 7.11 Å². The third kappa shape index (κ3) is 3.03. The summed E-state index contributed by atoms with van der Waals surface area (Å²) in [4.78, 5) is 0. The molecule has 68 valence electrons. The van der Waals surface area contributed by atoms with Crippen molar-refractivity contribution in [2.75, 3.05) is 7.11 Å². The fourth-order valence-electron chi connectivity index (χ4n) is 0.930. The van der Waals surface area contributed by atoms with Crippen LogP contribution in [0.2, 0.25) is 0 Å². The third-order valence-corrected chi connectivity index (χ3v) is 1.81. The molecule has 0 aliphatic heterocycles. The standard InChI is InChI=1S/C9H13N.CH4O/c1-7-3-4-9(6-10)5-8(7)2;1-2/h3-5H,6,10H2,1-2H3;2H,1H3. The lowest BCUT2D eigenvalue weighted by Crippen LogP contribution is -1.96. The molecule has 0 aliphatic carbocycles. The van der Waals surface area contributed by atoms with Gasteiger partial charge in [-0.3, -0.25) is 0 Å². The highest BCUT2D eigenvalue weighted by Crippen LogP contribution is 2.08. The van der Waals surface area contributed by atoms with Gasteiger partial charge in [-0.2, -0.15) is 0 Å². The minimum atomic E-state index is 0.640. The second kappa shape index (κ2) is 5.75. The zero-order chi connectivity index (χ0) is 9.56. The topological polar surface area (TPSA) is 46.2 Å². The lowest BCUT2D eigenvalue weighted by molar-refractivity contribution is 0.399. The maximum atomic E-state index is 7.00.